The van der Waals surface area contributed by atoms with Crippen LogP contribution < -0.4 is 0 Å². The zero-order valence-electron chi connectivity index (χ0n) is 8.98. The zero-order chi connectivity index (χ0) is 12.5. The predicted molar refractivity (Wildman–Crippen MR) is 67.3 cm³/mol. The summed E-state index contributed by atoms with van der Waals surface area (Å²) in [4.78, 5) is 22.5. The van der Waals surface area contributed by atoms with Crippen molar-refractivity contribution in [3.05, 3.63) is 46.9 Å². The molecule has 0 aromatic carbocycles. The summed E-state index contributed by atoms with van der Waals surface area (Å²) in [5.41, 5.74) is 1.37. The largest absolute Gasteiger partial charge is 0.289 e. The third-order valence-corrected chi connectivity index (χ3v) is 3.39. The van der Waals surface area contributed by atoms with Crippen molar-refractivity contribution in [1.29, 1.82) is 0 Å². The summed E-state index contributed by atoms with van der Waals surface area (Å²) in [6.07, 6.45) is 4.60. The van der Waals surface area contributed by atoms with Crippen LogP contribution in [-0.4, -0.2) is 19.9 Å². The smallest absolute Gasteiger partial charge is 0.264 e. The third-order valence-electron chi connectivity index (χ3n) is 2.35. The second kappa shape index (κ2) is 4.11. The first-order valence-electron chi connectivity index (χ1n) is 5.05. The Morgan fingerprint density at radius 1 is 1.33 bits per heavy atom. The summed E-state index contributed by atoms with van der Waals surface area (Å²) in [6, 6.07) is 5.19. The summed E-state index contributed by atoms with van der Waals surface area (Å²) in [6.45, 7) is 0. The van der Waals surface area contributed by atoms with Crippen molar-refractivity contribution >= 4 is 27.4 Å². The molecule has 0 amide bonds. The van der Waals surface area contributed by atoms with Gasteiger partial charge in [0.2, 0.25) is 0 Å². The van der Waals surface area contributed by atoms with Gasteiger partial charge in [0.15, 0.2) is 5.65 Å². The van der Waals surface area contributed by atoms with Crippen molar-refractivity contribution in [3.8, 4) is 10.6 Å². The highest BCUT2D eigenvalue weighted by molar-refractivity contribution is 7.21. The van der Waals surface area contributed by atoms with E-state index in [1.165, 1.54) is 23.6 Å². The van der Waals surface area contributed by atoms with Crippen molar-refractivity contribution in [2.24, 2.45) is 0 Å². The Balaban J connectivity index is 2.14. The lowest BCUT2D eigenvalue weighted by Gasteiger charge is -1.91. The molecule has 3 aromatic rings. The van der Waals surface area contributed by atoms with Crippen molar-refractivity contribution < 1.29 is 4.92 Å². The second-order valence-electron chi connectivity index (χ2n) is 3.53. The molecule has 7 heteroatoms. The quantitative estimate of drug-likeness (QED) is 0.521. The average molecular weight is 258 g/mol. The number of fused-ring (bicyclic) bond motifs is 1. The fourth-order valence-electron chi connectivity index (χ4n) is 1.52. The van der Waals surface area contributed by atoms with Gasteiger partial charge in [-0.25, -0.2) is 9.97 Å². The minimum Gasteiger partial charge on any atom is -0.264 e. The van der Waals surface area contributed by atoms with Crippen LogP contribution in [0.3, 0.4) is 0 Å². The Labute approximate surface area is 105 Å². The van der Waals surface area contributed by atoms with Gasteiger partial charge in [-0.15, -0.1) is 11.3 Å². The molecule has 0 fully saturated rings. The predicted octanol–water partition coefficient (Wildman–Crippen LogP) is 2.66. The number of hydrogen-bond acceptors (Lipinski definition) is 6. The molecular formula is C11H6N4O2S. The molecule has 0 unspecified atom stereocenters. The number of aromatic nitrogens is 3. The maximum absolute atomic E-state index is 10.7. The minimum absolute atomic E-state index is 0.0242. The number of hydrogen-bond donors (Lipinski definition) is 0. The molecule has 0 radical (unpaired) electrons. The van der Waals surface area contributed by atoms with E-state index < -0.39 is 4.92 Å². The minimum atomic E-state index is -0.462. The Hall–Kier alpha value is -2.41. The number of rotatable bonds is 2. The number of pyridine rings is 2. The maximum atomic E-state index is 10.7. The molecule has 88 valence electrons. The van der Waals surface area contributed by atoms with Crippen molar-refractivity contribution in [2.75, 3.05) is 0 Å². The van der Waals surface area contributed by atoms with Crippen molar-refractivity contribution in [3.63, 3.8) is 0 Å². The van der Waals surface area contributed by atoms with Crippen LogP contribution in [0.4, 0.5) is 5.69 Å². The van der Waals surface area contributed by atoms with Gasteiger partial charge in [-0.2, -0.15) is 0 Å². The summed E-state index contributed by atoms with van der Waals surface area (Å²) in [5.74, 6) is 0. The Morgan fingerprint density at radius 2 is 2.22 bits per heavy atom. The van der Waals surface area contributed by atoms with E-state index >= 15 is 0 Å². The van der Waals surface area contributed by atoms with E-state index in [0.717, 1.165) is 10.6 Å². The van der Waals surface area contributed by atoms with Crippen LogP contribution in [0.5, 0.6) is 0 Å². The first kappa shape index (κ1) is 10.7. The van der Waals surface area contributed by atoms with Crippen molar-refractivity contribution in [1.82, 2.24) is 15.0 Å². The van der Waals surface area contributed by atoms with E-state index in [4.69, 9.17) is 0 Å². The van der Waals surface area contributed by atoms with E-state index in [1.807, 2.05) is 12.1 Å². The van der Waals surface area contributed by atoms with Crippen molar-refractivity contribution in [2.45, 2.75) is 0 Å². The van der Waals surface area contributed by atoms with E-state index in [0.29, 0.717) is 10.3 Å². The summed E-state index contributed by atoms with van der Waals surface area (Å²) in [7, 11) is 0. The Kier molecular flexibility index (Phi) is 2.45. The highest BCUT2D eigenvalue weighted by Crippen LogP contribution is 2.30. The topological polar surface area (TPSA) is 81.8 Å². The SMILES string of the molecule is O=[N+]([O-])c1cnc2nc(-c3cccnc3)sc2c1. The molecule has 0 spiro atoms. The fourth-order valence-corrected chi connectivity index (χ4v) is 2.47. The lowest BCUT2D eigenvalue weighted by Crippen LogP contribution is -1.88. The van der Waals surface area contributed by atoms with Crippen LogP contribution in [-0.2, 0) is 0 Å². The zero-order valence-corrected chi connectivity index (χ0v) is 9.79. The van der Waals surface area contributed by atoms with E-state index in [1.54, 1.807) is 12.4 Å². The normalized spacial score (nSPS) is 10.7. The number of nitro groups is 1. The van der Waals surface area contributed by atoms with E-state index in [2.05, 4.69) is 15.0 Å². The van der Waals surface area contributed by atoms with E-state index in [-0.39, 0.29) is 5.69 Å². The molecule has 0 N–H and O–H groups in total. The number of nitrogens with zero attached hydrogens (tertiary/aromatic N) is 4. The highest BCUT2D eigenvalue weighted by Gasteiger charge is 2.12. The molecule has 0 saturated carbocycles. The van der Waals surface area contributed by atoms with Crippen LogP contribution in [0.25, 0.3) is 20.9 Å². The Morgan fingerprint density at radius 3 is 2.94 bits per heavy atom. The van der Waals surface area contributed by atoms with Crippen LogP contribution in [0.1, 0.15) is 0 Å². The first-order chi connectivity index (χ1) is 8.74. The lowest BCUT2D eigenvalue weighted by atomic mass is 10.3. The summed E-state index contributed by atoms with van der Waals surface area (Å²) in [5, 5.41) is 11.4. The molecule has 0 atom stereocenters. The molecule has 6 nitrogen and oxygen atoms in total. The fraction of sp³-hybridized carbons (Fsp3) is 0. The molecule has 3 aromatic heterocycles. The molecule has 18 heavy (non-hydrogen) atoms. The van der Waals surface area contributed by atoms with Crippen LogP contribution in [0.2, 0.25) is 0 Å². The monoisotopic (exact) mass is 258 g/mol. The second-order valence-corrected chi connectivity index (χ2v) is 4.56. The van der Waals surface area contributed by atoms with Crippen LogP contribution in [0, 0.1) is 10.1 Å². The first-order valence-corrected chi connectivity index (χ1v) is 5.87. The average Bonchev–Trinajstić information content (AvgIpc) is 2.82. The van der Waals surface area contributed by atoms with Gasteiger partial charge in [-0.1, -0.05) is 0 Å². The molecule has 0 aliphatic rings. The summed E-state index contributed by atoms with van der Waals surface area (Å²) >= 11 is 1.36. The van der Waals surface area contributed by atoms with Gasteiger partial charge in [0.25, 0.3) is 5.69 Å². The molecule has 0 saturated heterocycles. The molecule has 0 aliphatic carbocycles. The summed E-state index contributed by atoms with van der Waals surface area (Å²) < 4.78 is 0.697. The standard InChI is InChI=1S/C11H6N4O2S/c16-15(17)8-4-9-10(13-6-8)14-11(18-9)7-2-1-3-12-5-7/h1-6H. The van der Waals surface area contributed by atoms with Gasteiger partial charge in [0.1, 0.15) is 11.2 Å². The molecule has 0 aliphatic heterocycles. The van der Waals surface area contributed by atoms with Crippen LogP contribution >= 0.6 is 11.3 Å². The number of thiazole rings is 1. The van der Waals surface area contributed by atoms with Gasteiger partial charge in [-0.3, -0.25) is 15.1 Å². The van der Waals surface area contributed by atoms with E-state index in [9.17, 15) is 10.1 Å². The lowest BCUT2D eigenvalue weighted by molar-refractivity contribution is -0.385. The van der Waals surface area contributed by atoms with Gasteiger partial charge in [0, 0.05) is 24.0 Å². The molecule has 3 heterocycles. The molecule has 3 rings (SSSR count). The third kappa shape index (κ3) is 1.80. The highest BCUT2D eigenvalue weighted by atomic mass is 32.1. The van der Waals surface area contributed by atoms with Gasteiger partial charge in [0.05, 0.1) is 9.62 Å². The Bertz CT molecular complexity index is 726. The maximum Gasteiger partial charge on any atom is 0.289 e. The molecule has 0 bridgehead atoms. The van der Waals surface area contributed by atoms with Gasteiger partial charge >= 0.3 is 0 Å². The van der Waals surface area contributed by atoms with Gasteiger partial charge < -0.3 is 0 Å². The van der Waals surface area contributed by atoms with Crippen LogP contribution in [0.15, 0.2) is 36.8 Å². The van der Waals surface area contributed by atoms with Gasteiger partial charge in [-0.05, 0) is 12.1 Å². The molecular weight excluding hydrogens is 252 g/mol.